The molecule has 31 heavy (non-hydrogen) atoms. The van der Waals surface area contributed by atoms with Crippen molar-refractivity contribution >= 4 is 33.0 Å². The molecular formula is C19H26F2N4O4S2. The fourth-order valence-corrected chi connectivity index (χ4v) is 4.79. The third kappa shape index (κ3) is 6.42. The van der Waals surface area contributed by atoms with Crippen molar-refractivity contribution in [2.45, 2.75) is 63.4 Å². The average molecular weight is 477 g/mol. The number of nitrogens with one attached hydrogen (secondary N) is 1. The number of aryl methyl sites for hydroxylation is 1. The van der Waals surface area contributed by atoms with Crippen molar-refractivity contribution in [1.82, 2.24) is 4.98 Å². The van der Waals surface area contributed by atoms with Crippen molar-refractivity contribution in [3.8, 4) is 5.75 Å². The Labute approximate surface area is 184 Å². The molecule has 0 aliphatic heterocycles. The maximum Gasteiger partial charge on any atom is 0.387 e. The van der Waals surface area contributed by atoms with Gasteiger partial charge in [-0.3, -0.25) is 0 Å². The molecule has 1 aromatic heterocycles. The van der Waals surface area contributed by atoms with Gasteiger partial charge in [0.05, 0.1) is 6.20 Å². The van der Waals surface area contributed by atoms with Gasteiger partial charge in [-0.25, -0.2) is 19.1 Å². The summed E-state index contributed by atoms with van der Waals surface area (Å²) in [5.74, 6) is -0.156. The quantitative estimate of drug-likeness (QED) is 0.539. The number of hydrogen-bond donors (Lipinski definition) is 3. The number of hydrogen-bond acceptors (Lipinski definition) is 6. The summed E-state index contributed by atoms with van der Waals surface area (Å²) in [6, 6.07) is 1.88. The number of nitrogens with zero attached hydrogens (tertiary/aromatic N) is 2. The van der Waals surface area contributed by atoms with Crippen LogP contribution in [0.4, 0.5) is 19.3 Å². The van der Waals surface area contributed by atoms with Crippen LogP contribution in [0.2, 0.25) is 0 Å². The minimum atomic E-state index is -3.61. The first kappa shape index (κ1) is 25.1. The molecule has 2 rings (SSSR count). The molecule has 8 nitrogen and oxygen atoms in total. The Kier molecular flexibility index (Phi) is 7.74. The van der Waals surface area contributed by atoms with Crippen LogP contribution in [0.15, 0.2) is 26.9 Å². The fraction of sp³-hybridized carbons (Fsp3) is 0.474. The van der Waals surface area contributed by atoms with E-state index in [2.05, 4.69) is 19.4 Å². The van der Waals surface area contributed by atoms with Crippen molar-refractivity contribution in [3.63, 3.8) is 0 Å². The second-order valence-corrected chi connectivity index (χ2v) is 10.6. The van der Waals surface area contributed by atoms with Gasteiger partial charge in [0.2, 0.25) is 0 Å². The lowest BCUT2D eigenvalue weighted by Gasteiger charge is -2.19. The fourth-order valence-electron chi connectivity index (χ4n) is 2.73. The number of thiazole rings is 1. The number of urea groups is 1. The van der Waals surface area contributed by atoms with E-state index in [-0.39, 0.29) is 20.9 Å². The van der Waals surface area contributed by atoms with Crippen molar-refractivity contribution in [2.24, 2.45) is 9.50 Å². The van der Waals surface area contributed by atoms with Crippen molar-refractivity contribution in [1.29, 1.82) is 0 Å². The van der Waals surface area contributed by atoms with Gasteiger partial charge in [-0.1, -0.05) is 20.8 Å². The zero-order chi connectivity index (χ0) is 23.6. The predicted molar refractivity (Wildman–Crippen MR) is 116 cm³/mol. The number of amides is 2. The van der Waals surface area contributed by atoms with E-state index in [1.807, 2.05) is 13.8 Å². The molecule has 2 amide bonds. The van der Waals surface area contributed by atoms with Gasteiger partial charge < -0.3 is 15.2 Å². The van der Waals surface area contributed by atoms with E-state index in [0.29, 0.717) is 23.2 Å². The van der Waals surface area contributed by atoms with Crippen molar-refractivity contribution in [3.05, 3.63) is 34.5 Å². The number of ether oxygens (including phenoxy) is 1. The number of carbonyl (C=O) groups excluding carboxylic acids is 1. The van der Waals surface area contributed by atoms with Crippen LogP contribution < -0.4 is 15.2 Å². The first-order valence-corrected chi connectivity index (χ1v) is 11.8. The average Bonchev–Trinajstić information content (AvgIpc) is 3.13. The van der Waals surface area contributed by atoms with Crippen LogP contribution in [0.1, 0.15) is 56.7 Å². The van der Waals surface area contributed by atoms with Gasteiger partial charge in [0.25, 0.3) is 0 Å². The second kappa shape index (κ2) is 9.55. The van der Waals surface area contributed by atoms with Gasteiger partial charge >= 0.3 is 12.6 Å². The topological polar surface area (TPSA) is 127 Å². The number of benzene rings is 1. The number of anilines is 1. The zero-order valence-corrected chi connectivity index (χ0v) is 19.4. The maximum absolute atomic E-state index is 12.8. The van der Waals surface area contributed by atoms with E-state index in [0.717, 1.165) is 11.3 Å². The van der Waals surface area contributed by atoms with Gasteiger partial charge in [0, 0.05) is 5.69 Å². The molecule has 1 heterocycles. The highest BCUT2D eigenvalue weighted by atomic mass is 32.2. The molecule has 1 unspecified atom stereocenters. The van der Waals surface area contributed by atoms with Gasteiger partial charge in [-0.2, -0.15) is 8.78 Å². The Morgan fingerprint density at radius 3 is 2.55 bits per heavy atom. The molecule has 0 saturated carbocycles. The number of aliphatic hydroxyl groups is 1. The second-order valence-electron chi connectivity index (χ2n) is 7.57. The van der Waals surface area contributed by atoms with Crippen LogP contribution in [0, 0.1) is 0 Å². The third-order valence-electron chi connectivity index (χ3n) is 4.20. The standard InChI is InChI=1S/C19H26F2N4O4S2/c1-6-11-7-12(29-17(20)21)8-13(10(2)3)15(11)24-18(26)25-31(22,28)14-9-23-16(30-14)19(4,5)27/h7-10,17,27H,6H2,1-5H3,(H3,22,24,25,26,28). The summed E-state index contributed by atoms with van der Waals surface area (Å²) in [5.41, 5.74) is 0.232. The van der Waals surface area contributed by atoms with E-state index >= 15 is 0 Å². The van der Waals surface area contributed by atoms with E-state index in [9.17, 15) is 22.9 Å². The Morgan fingerprint density at radius 2 is 2.06 bits per heavy atom. The highest BCUT2D eigenvalue weighted by Gasteiger charge is 2.24. The highest BCUT2D eigenvalue weighted by molar-refractivity contribution is 7.93. The lowest BCUT2D eigenvalue weighted by atomic mass is 9.96. The molecule has 172 valence electrons. The largest absolute Gasteiger partial charge is 0.435 e. The molecule has 0 spiro atoms. The Bertz CT molecular complexity index is 1070. The summed E-state index contributed by atoms with van der Waals surface area (Å²) in [7, 11) is -3.61. The number of rotatable bonds is 7. The molecular weight excluding hydrogens is 450 g/mol. The molecule has 0 fully saturated rings. The molecule has 1 atom stereocenters. The van der Waals surface area contributed by atoms with Gasteiger partial charge in [0.1, 0.15) is 20.6 Å². The molecule has 1 aromatic carbocycles. The van der Waals surface area contributed by atoms with E-state index in [1.54, 1.807) is 6.92 Å². The highest BCUT2D eigenvalue weighted by Crippen LogP contribution is 2.34. The molecule has 0 aliphatic rings. The van der Waals surface area contributed by atoms with Crippen molar-refractivity contribution < 1.29 is 27.6 Å². The maximum atomic E-state index is 12.8. The Hall–Kier alpha value is -2.15. The number of alkyl halides is 2. The molecule has 4 N–H and O–H groups in total. The molecule has 0 aliphatic carbocycles. The summed E-state index contributed by atoms with van der Waals surface area (Å²) >= 11 is 0.895. The van der Waals surface area contributed by atoms with Crippen LogP contribution in [-0.2, 0) is 21.9 Å². The summed E-state index contributed by atoms with van der Waals surface area (Å²) in [6.45, 7) is 5.50. The first-order valence-electron chi connectivity index (χ1n) is 9.40. The SMILES string of the molecule is CCc1cc(OC(F)F)cc(C(C)C)c1NC(=O)N=S(N)(=O)c1cnc(C(C)(C)O)s1. The molecule has 2 aromatic rings. The summed E-state index contributed by atoms with van der Waals surface area (Å²) in [6.07, 6.45) is 1.63. The van der Waals surface area contributed by atoms with Crippen LogP contribution in [0.3, 0.4) is 0 Å². The van der Waals surface area contributed by atoms with Crippen LogP contribution in [0.25, 0.3) is 0 Å². The Balaban J connectivity index is 2.42. The lowest BCUT2D eigenvalue weighted by molar-refractivity contribution is -0.0499. The molecule has 0 saturated heterocycles. The van der Waals surface area contributed by atoms with Crippen LogP contribution in [-0.4, -0.2) is 26.9 Å². The van der Waals surface area contributed by atoms with Gasteiger partial charge in [-0.15, -0.1) is 15.7 Å². The Morgan fingerprint density at radius 1 is 1.42 bits per heavy atom. The van der Waals surface area contributed by atoms with E-state index < -0.39 is 28.2 Å². The summed E-state index contributed by atoms with van der Waals surface area (Å²) in [5, 5.41) is 18.7. The normalized spacial score (nSPS) is 13.9. The minimum absolute atomic E-state index is 0.0167. The number of aromatic nitrogens is 1. The number of halogens is 2. The third-order valence-corrected chi connectivity index (χ3v) is 7.39. The first-order chi connectivity index (χ1) is 14.2. The van der Waals surface area contributed by atoms with Crippen LogP contribution >= 0.6 is 11.3 Å². The zero-order valence-electron chi connectivity index (χ0n) is 17.8. The lowest BCUT2D eigenvalue weighted by Crippen LogP contribution is -2.18. The van der Waals surface area contributed by atoms with E-state index in [4.69, 9.17) is 5.14 Å². The van der Waals surface area contributed by atoms with E-state index in [1.165, 1.54) is 32.2 Å². The van der Waals surface area contributed by atoms with Crippen molar-refractivity contribution in [2.75, 3.05) is 5.32 Å². The number of carbonyl (C=O) groups is 1. The smallest absolute Gasteiger partial charge is 0.387 e. The number of nitrogens with two attached hydrogens (primary N) is 1. The molecule has 0 bridgehead atoms. The summed E-state index contributed by atoms with van der Waals surface area (Å²) < 4.78 is 46.3. The predicted octanol–water partition coefficient (Wildman–Crippen LogP) is 4.59. The molecule has 0 radical (unpaired) electrons. The van der Waals surface area contributed by atoms with Crippen LogP contribution in [0.5, 0.6) is 5.75 Å². The summed E-state index contributed by atoms with van der Waals surface area (Å²) in [4.78, 5) is 16.5. The minimum Gasteiger partial charge on any atom is -0.435 e. The molecule has 12 heteroatoms. The van der Waals surface area contributed by atoms with Gasteiger partial charge in [-0.05, 0) is 49.4 Å². The van der Waals surface area contributed by atoms with Gasteiger partial charge in [0.15, 0.2) is 9.92 Å². The monoisotopic (exact) mass is 476 g/mol.